The molecule has 0 bridgehead atoms. The van der Waals surface area contributed by atoms with Crippen molar-refractivity contribution in [2.45, 2.75) is 11.1 Å². The van der Waals surface area contributed by atoms with Gasteiger partial charge in [0.05, 0.1) is 23.7 Å². The zero-order valence-electron chi connectivity index (χ0n) is 18.5. The van der Waals surface area contributed by atoms with Gasteiger partial charge in [0.2, 0.25) is 0 Å². The fourth-order valence-corrected chi connectivity index (χ4v) is 4.60. The Labute approximate surface area is 195 Å². The van der Waals surface area contributed by atoms with E-state index in [0.29, 0.717) is 69.6 Å². The third-order valence-corrected chi connectivity index (χ3v) is 6.92. The van der Waals surface area contributed by atoms with E-state index in [4.69, 9.17) is 4.74 Å². The van der Waals surface area contributed by atoms with Gasteiger partial charge in [-0.1, -0.05) is 0 Å². The number of ether oxygens (including phenoxy) is 1. The summed E-state index contributed by atoms with van der Waals surface area (Å²) in [6.07, 6.45) is -3.47. The number of rotatable bonds is 4. The third-order valence-electron chi connectivity index (χ3n) is 5.81. The second-order valence-electron chi connectivity index (χ2n) is 8.10. The van der Waals surface area contributed by atoms with Crippen molar-refractivity contribution >= 4 is 27.2 Å². The molecule has 34 heavy (non-hydrogen) atoms. The fraction of sp³-hybridized carbons (Fsp3) is 0.476. The lowest BCUT2D eigenvalue weighted by Crippen LogP contribution is -2.49. The molecule has 0 unspecified atom stereocenters. The molecule has 2 aliphatic rings. The standard InChI is InChI=1S/C21H24F3N5O4S/c1-34(31,32)15-2-3-17(27-10-12-33-13-11-27)16(14-15)20(30)29-8-6-28(7-9-29)19-5-4-18(25-26-19)21(22,23)24/h2-5,14H,6-13H2,1H3. The van der Waals surface area contributed by atoms with E-state index in [1.165, 1.54) is 18.2 Å². The lowest BCUT2D eigenvalue weighted by atomic mass is 10.1. The van der Waals surface area contributed by atoms with Gasteiger partial charge in [-0.25, -0.2) is 8.42 Å². The number of carbonyl (C=O) groups excluding carboxylic acids is 1. The molecule has 184 valence electrons. The number of amides is 1. The van der Waals surface area contributed by atoms with Gasteiger partial charge in [-0.3, -0.25) is 4.79 Å². The second-order valence-corrected chi connectivity index (χ2v) is 10.1. The van der Waals surface area contributed by atoms with Crippen LogP contribution >= 0.6 is 0 Å². The predicted octanol–water partition coefficient (Wildman–Crippen LogP) is 1.70. The van der Waals surface area contributed by atoms with Crippen LogP contribution in [0, 0.1) is 0 Å². The minimum Gasteiger partial charge on any atom is -0.378 e. The monoisotopic (exact) mass is 499 g/mol. The average Bonchev–Trinajstić information content (AvgIpc) is 2.83. The number of sulfone groups is 1. The summed E-state index contributed by atoms with van der Waals surface area (Å²) in [6.45, 7) is 3.48. The molecule has 13 heteroatoms. The average molecular weight is 500 g/mol. The van der Waals surface area contributed by atoms with Gasteiger partial charge in [0.25, 0.3) is 5.91 Å². The van der Waals surface area contributed by atoms with Crippen molar-refractivity contribution in [2.24, 2.45) is 0 Å². The van der Waals surface area contributed by atoms with Gasteiger partial charge in [-0.15, -0.1) is 10.2 Å². The van der Waals surface area contributed by atoms with E-state index >= 15 is 0 Å². The maximum atomic E-state index is 13.4. The molecule has 0 spiro atoms. The van der Waals surface area contributed by atoms with Crippen molar-refractivity contribution in [3.8, 4) is 0 Å². The number of morpholine rings is 1. The number of carbonyl (C=O) groups is 1. The molecule has 2 aromatic rings. The number of benzene rings is 1. The molecular formula is C21H24F3N5O4S. The first kappa shape index (κ1) is 24.2. The molecule has 1 aromatic heterocycles. The lowest BCUT2D eigenvalue weighted by molar-refractivity contribution is -0.141. The van der Waals surface area contributed by atoms with Crippen LogP contribution in [0.15, 0.2) is 35.2 Å². The minimum absolute atomic E-state index is 0.0616. The summed E-state index contributed by atoms with van der Waals surface area (Å²) in [5.41, 5.74) is -0.115. The summed E-state index contributed by atoms with van der Waals surface area (Å²) in [5.74, 6) is -0.00155. The first-order chi connectivity index (χ1) is 16.0. The van der Waals surface area contributed by atoms with E-state index in [0.717, 1.165) is 12.3 Å². The zero-order valence-corrected chi connectivity index (χ0v) is 19.3. The highest BCUT2D eigenvalue weighted by atomic mass is 32.2. The van der Waals surface area contributed by atoms with Gasteiger partial charge < -0.3 is 19.4 Å². The van der Waals surface area contributed by atoms with Gasteiger partial charge in [-0.2, -0.15) is 13.2 Å². The number of hydrogen-bond donors (Lipinski definition) is 0. The Bertz CT molecular complexity index is 1140. The van der Waals surface area contributed by atoms with Crippen LogP contribution in [0.25, 0.3) is 0 Å². The van der Waals surface area contributed by atoms with Crippen LogP contribution in [-0.4, -0.2) is 88.2 Å². The maximum absolute atomic E-state index is 13.4. The quantitative estimate of drug-likeness (QED) is 0.628. The summed E-state index contributed by atoms with van der Waals surface area (Å²) in [6, 6.07) is 6.71. The van der Waals surface area contributed by atoms with Crippen molar-refractivity contribution in [1.82, 2.24) is 15.1 Å². The molecule has 0 saturated carbocycles. The van der Waals surface area contributed by atoms with E-state index in [1.807, 2.05) is 4.90 Å². The summed E-state index contributed by atoms with van der Waals surface area (Å²) in [7, 11) is -3.51. The molecule has 1 aromatic carbocycles. The molecule has 1 amide bonds. The van der Waals surface area contributed by atoms with Crippen molar-refractivity contribution in [1.29, 1.82) is 0 Å². The number of alkyl halides is 3. The number of piperazine rings is 1. The van der Waals surface area contributed by atoms with Crippen LogP contribution in [0.1, 0.15) is 16.1 Å². The lowest BCUT2D eigenvalue weighted by Gasteiger charge is -2.36. The van der Waals surface area contributed by atoms with Crippen molar-refractivity contribution in [3.63, 3.8) is 0 Å². The summed E-state index contributed by atoms with van der Waals surface area (Å²) < 4.78 is 67.8. The molecule has 2 fully saturated rings. The maximum Gasteiger partial charge on any atom is 0.435 e. The van der Waals surface area contributed by atoms with Crippen LogP contribution in [0.2, 0.25) is 0 Å². The first-order valence-corrected chi connectivity index (χ1v) is 12.5. The molecule has 3 heterocycles. The van der Waals surface area contributed by atoms with Crippen molar-refractivity contribution < 1.29 is 31.1 Å². The Morgan fingerprint density at radius 1 is 0.941 bits per heavy atom. The molecule has 0 atom stereocenters. The van der Waals surface area contributed by atoms with Crippen LogP contribution < -0.4 is 9.80 Å². The summed E-state index contributed by atoms with van der Waals surface area (Å²) in [5, 5.41) is 6.93. The SMILES string of the molecule is CS(=O)(=O)c1ccc(N2CCOCC2)c(C(=O)N2CCN(c3ccc(C(F)(F)F)nn3)CC2)c1. The smallest absolute Gasteiger partial charge is 0.378 e. The van der Waals surface area contributed by atoms with Crippen LogP contribution in [0.5, 0.6) is 0 Å². The number of hydrogen-bond acceptors (Lipinski definition) is 8. The van der Waals surface area contributed by atoms with E-state index in [1.54, 1.807) is 15.9 Å². The number of aromatic nitrogens is 2. The van der Waals surface area contributed by atoms with Gasteiger partial charge in [0.15, 0.2) is 21.3 Å². The Kier molecular flexibility index (Phi) is 6.67. The molecule has 2 aliphatic heterocycles. The molecule has 0 radical (unpaired) electrons. The van der Waals surface area contributed by atoms with Crippen LogP contribution in [0.4, 0.5) is 24.7 Å². The molecule has 2 saturated heterocycles. The Morgan fingerprint density at radius 2 is 1.62 bits per heavy atom. The van der Waals surface area contributed by atoms with Gasteiger partial charge in [0, 0.05) is 51.2 Å². The van der Waals surface area contributed by atoms with Crippen molar-refractivity contribution in [3.05, 3.63) is 41.6 Å². The summed E-state index contributed by atoms with van der Waals surface area (Å²) in [4.78, 5) is 18.9. The predicted molar refractivity (Wildman–Crippen MR) is 118 cm³/mol. The largest absolute Gasteiger partial charge is 0.435 e. The Morgan fingerprint density at radius 3 is 2.18 bits per heavy atom. The van der Waals surface area contributed by atoms with E-state index in [2.05, 4.69) is 10.2 Å². The van der Waals surface area contributed by atoms with Gasteiger partial charge >= 0.3 is 6.18 Å². The molecular weight excluding hydrogens is 475 g/mol. The number of halogens is 3. The van der Waals surface area contributed by atoms with E-state index in [-0.39, 0.29) is 10.8 Å². The van der Waals surface area contributed by atoms with Gasteiger partial charge in [-0.05, 0) is 30.3 Å². The topological polar surface area (TPSA) is 95.9 Å². The number of nitrogens with zero attached hydrogens (tertiary/aromatic N) is 5. The van der Waals surface area contributed by atoms with E-state index < -0.39 is 21.7 Å². The Hall–Kier alpha value is -2.93. The third kappa shape index (κ3) is 5.25. The molecule has 4 rings (SSSR count). The van der Waals surface area contributed by atoms with Crippen LogP contribution in [-0.2, 0) is 20.8 Å². The van der Waals surface area contributed by atoms with Crippen LogP contribution in [0.3, 0.4) is 0 Å². The highest BCUT2D eigenvalue weighted by Gasteiger charge is 2.33. The van der Waals surface area contributed by atoms with E-state index in [9.17, 15) is 26.4 Å². The summed E-state index contributed by atoms with van der Waals surface area (Å²) >= 11 is 0. The molecule has 9 nitrogen and oxygen atoms in total. The van der Waals surface area contributed by atoms with Gasteiger partial charge in [0.1, 0.15) is 0 Å². The Balaban J connectivity index is 1.52. The fourth-order valence-electron chi connectivity index (χ4n) is 3.95. The zero-order chi connectivity index (χ0) is 24.5. The number of anilines is 2. The normalized spacial score (nSPS) is 17.7. The minimum atomic E-state index is -4.56. The molecule has 0 aliphatic carbocycles. The highest BCUT2D eigenvalue weighted by Crippen LogP contribution is 2.29. The first-order valence-electron chi connectivity index (χ1n) is 10.7. The molecule has 0 N–H and O–H groups in total. The second kappa shape index (κ2) is 9.37. The highest BCUT2D eigenvalue weighted by molar-refractivity contribution is 7.90. The van der Waals surface area contributed by atoms with Crippen molar-refractivity contribution in [2.75, 3.05) is 68.5 Å².